The van der Waals surface area contributed by atoms with Gasteiger partial charge in [-0.25, -0.2) is 0 Å². The van der Waals surface area contributed by atoms with E-state index in [-0.39, 0.29) is 18.9 Å². The maximum Gasteiger partial charge on any atom is 0.222 e. The fraction of sp³-hybridized carbons (Fsp3) is 0.907. The maximum absolute atomic E-state index is 12.5. The molecule has 350 valence electrons. The summed E-state index contributed by atoms with van der Waals surface area (Å²) in [4.78, 5) is 12.5. The first kappa shape index (κ1) is 57.8. The standard InChI is InChI=1S/C54H105NO4/c1-3-5-7-9-11-13-15-17-19-21-23-25-26-27-28-29-31-33-35-37-39-41-43-45-47-51(57)49-54(59)55-52(50-56)53(58)48-46-44-42-40-38-36-34-32-30-24-22-20-18-16-14-12-10-8-6-4-2/h27-28,46,48,51-53,56-58H,3-26,29-45,47,49-50H2,1-2H3,(H,55,59)/b28-27-,48-46+. The van der Waals surface area contributed by atoms with E-state index in [2.05, 4.69) is 31.3 Å². The van der Waals surface area contributed by atoms with Gasteiger partial charge in [0.05, 0.1) is 31.3 Å². The van der Waals surface area contributed by atoms with E-state index in [4.69, 9.17) is 0 Å². The van der Waals surface area contributed by atoms with Gasteiger partial charge in [-0.15, -0.1) is 0 Å². The number of amides is 1. The molecule has 1 amide bonds. The summed E-state index contributed by atoms with van der Waals surface area (Å²) < 4.78 is 0. The molecule has 4 N–H and O–H groups in total. The lowest BCUT2D eigenvalue weighted by atomic mass is 10.0. The molecule has 0 aromatic heterocycles. The average Bonchev–Trinajstić information content (AvgIpc) is 3.23. The molecule has 0 aliphatic carbocycles. The second-order valence-corrected chi connectivity index (χ2v) is 18.5. The SMILES string of the molecule is CCCCCCCCCCCCCC/C=C\CCCCCCCCCCC(O)CC(=O)NC(CO)C(O)/C=C/CCCCCCCCCCCCCCCCCCCC. The quantitative estimate of drug-likeness (QED) is 0.0363. The molecule has 0 aromatic carbocycles. The van der Waals surface area contributed by atoms with Gasteiger partial charge < -0.3 is 20.6 Å². The van der Waals surface area contributed by atoms with Crippen LogP contribution in [0.2, 0.25) is 0 Å². The molecule has 3 atom stereocenters. The van der Waals surface area contributed by atoms with Crippen molar-refractivity contribution in [1.29, 1.82) is 0 Å². The molecule has 0 aromatic rings. The number of rotatable bonds is 49. The molecular weight excluding hydrogens is 727 g/mol. The zero-order valence-electron chi connectivity index (χ0n) is 39.9. The Morgan fingerprint density at radius 1 is 0.424 bits per heavy atom. The van der Waals surface area contributed by atoms with Crippen molar-refractivity contribution >= 4 is 5.91 Å². The Bertz CT molecular complexity index is 874. The van der Waals surface area contributed by atoms with Gasteiger partial charge in [-0.2, -0.15) is 0 Å². The van der Waals surface area contributed by atoms with Crippen molar-refractivity contribution in [3.8, 4) is 0 Å². The fourth-order valence-corrected chi connectivity index (χ4v) is 8.40. The molecule has 0 saturated carbocycles. The minimum absolute atomic E-state index is 0.0139. The zero-order chi connectivity index (χ0) is 43.0. The Morgan fingerprint density at radius 3 is 1.03 bits per heavy atom. The molecular formula is C54H105NO4. The predicted molar refractivity (Wildman–Crippen MR) is 259 cm³/mol. The summed E-state index contributed by atoms with van der Waals surface area (Å²) in [5.41, 5.74) is 0. The van der Waals surface area contributed by atoms with Gasteiger partial charge in [-0.3, -0.25) is 4.79 Å². The van der Waals surface area contributed by atoms with Crippen LogP contribution in [0.3, 0.4) is 0 Å². The van der Waals surface area contributed by atoms with Crippen LogP contribution in [0.4, 0.5) is 0 Å². The largest absolute Gasteiger partial charge is 0.394 e. The molecule has 0 saturated heterocycles. The normalized spacial score (nSPS) is 13.5. The smallest absolute Gasteiger partial charge is 0.222 e. The summed E-state index contributed by atoms with van der Waals surface area (Å²) in [5.74, 6) is -0.313. The van der Waals surface area contributed by atoms with Crippen LogP contribution in [-0.4, -0.2) is 46.1 Å². The Morgan fingerprint density at radius 2 is 0.712 bits per heavy atom. The van der Waals surface area contributed by atoms with Crippen molar-refractivity contribution in [2.24, 2.45) is 0 Å². The van der Waals surface area contributed by atoms with Gasteiger partial charge >= 0.3 is 0 Å². The van der Waals surface area contributed by atoms with Gasteiger partial charge in [0.15, 0.2) is 0 Å². The number of aliphatic hydroxyl groups is 3. The first-order valence-electron chi connectivity index (χ1n) is 26.6. The van der Waals surface area contributed by atoms with Crippen molar-refractivity contribution in [2.75, 3.05) is 6.61 Å². The lowest BCUT2D eigenvalue weighted by molar-refractivity contribution is -0.124. The Balaban J connectivity index is 3.59. The van der Waals surface area contributed by atoms with E-state index in [0.717, 1.165) is 25.7 Å². The summed E-state index contributed by atoms with van der Waals surface area (Å²) in [6, 6.07) is -0.744. The van der Waals surface area contributed by atoms with Crippen molar-refractivity contribution in [3.05, 3.63) is 24.3 Å². The van der Waals surface area contributed by atoms with E-state index in [1.54, 1.807) is 6.08 Å². The number of nitrogens with one attached hydrogen (secondary N) is 1. The third-order valence-corrected chi connectivity index (χ3v) is 12.5. The molecule has 3 unspecified atom stereocenters. The molecule has 0 aliphatic rings. The summed E-state index contributed by atoms with van der Waals surface area (Å²) in [6.45, 7) is 4.24. The molecule has 0 aliphatic heterocycles. The molecule has 5 nitrogen and oxygen atoms in total. The second-order valence-electron chi connectivity index (χ2n) is 18.5. The van der Waals surface area contributed by atoms with Crippen LogP contribution in [0.5, 0.6) is 0 Å². The van der Waals surface area contributed by atoms with Crippen LogP contribution in [0, 0.1) is 0 Å². The van der Waals surface area contributed by atoms with E-state index < -0.39 is 18.2 Å². The van der Waals surface area contributed by atoms with E-state index in [1.165, 1.54) is 238 Å². The third-order valence-electron chi connectivity index (χ3n) is 12.5. The van der Waals surface area contributed by atoms with Gasteiger partial charge in [0.1, 0.15) is 0 Å². The number of hydrogen-bond acceptors (Lipinski definition) is 4. The summed E-state index contributed by atoms with van der Waals surface area (Å²) in [6.07, 6.45) is 62.1. The first-order chi connectivity index (χ1) is 29.0. The minimum Gasteiger partial charge on any atom is -0.394 e. The fourth-order valence-electron chi connectivity index (χ4n) is 8.40. The molecule has 0 spiro atoms. The van der Waals surface area contributed by atoms with E-state index in [9.17, 15) is 20.1 Å². The van der Waals surface area contributed by atoms with Gasteiger partial charge in [0, 0.05) is 0 Å². The number of carbonyl (C=O) groups is 1. The Kier molecular flexibility index (Phi) is 48.5. The Labute approximate surface area is 369 Å². The highest BCUT2D eigenvalue weighted by Crippen LogP contribution is 2.17. The van der Waals surface area contributed by atoms with Crippen molar-refractivity contribution in [3.63, 3.8) is 0 Å². The highest BCUT2D eigenvalue weighted by Gasteiger charge is 2.20. The molecule has 0 fully saturated rings. The highest BCUT2D eigenvalue weighted by molar-refractivity contribution is 5.76. The zero-order valence-corrected chi connectivity index (χ0v) is 39.9. The van der Waals surface area contributed by atoms with E-state index in [1.807, 2.05) is 6.08 Å². The van der Waals surface area contributed by atoms with E-state index in [0.29, 0.717) is 6.42 Å². The number of aliphatic hydroxyl groups excluding tert-OH is 3. The van der Waals surface area contributed by atoms with E-state index >= 15 is 0 Å². The number of hydrogen-bond donors (Lipinski definition) is 4. The van der Waals surface area contributed by atoms with Gasteiger partial charge in [-0.05, 0) is 44.9 Å². The van der Waals surface area contributed by atoms with Crippen molar-refractivity contribution < 1.29 is 20.1 Å². The molecule has 0 bridgehead atoms. The number of carbonyl (C=O) groups excluding carboxylic acids is 1. The van der Waals surface area contributed by atoms with Crippen LogP contribution >= 0.6 is 0 Å². The molecule has 0 radical (unpaired) electrons. The summed E-state index contributed by atoms with van der Waals surface area (Å²) in [5, 5.41) is 33.4. The second kappa shape index (κ2) is 49.5. The number of unbranched alkanes of at least 4 members (excludes halogenated alkanes) is 38. The molecule has 0 heterocycles. The summed E-state index contributed by atoms with van der Waals surface area (Å²) >= 11 is 0. The highest BCUT2D eigenvalue weighted by atomic mass is 16.3. The minimum atomic E-state index is -0.929. The van der Waals surface area contributed by atoms with Crippen LogP contribution in [0.1, 0.15) is 290 Å². The van der Waals surface area contributed by atoms with Crippen LogP contribution < -0.4 is 5.32 Å². The van der Waals surface area contributed by atoms with Gasteiger partial charge in [0.25, 0.3) is 0 Å². The molecule has 5 heteroatoms. The predicted octanol–water partition coefficient (Wildman–Crippen LogP) is 16.1. The van der Waals surface area contributed by atoms with Crippen LogP contribution in [0.15, 0.2) is 24.3 Å². The maximum atomic E-state index is 12.5. The van der Waals surface area contributed by atoms with Gasteiger partial charge in [-0.1, -0.05) is 263 Å². The first-order valence-corrected chi connectivity index (χ1v) is 26.6. The third kappa shape index (κ3) is 46.2. The monoisotopic (exact) mass is 832 g/mol. The van der Waals surface area contributed by atoms with Crippen LogP contribution in [0.25, 0.3) is 0 Å². The lowest BCUT2D eigenvalue weighted by Gasteiger charge is -2.21. The molecule has 59 heavy (non-hydrogen) atoms. The topological polar surface area (TPSA) is 89.8 Å². The lowest BCUT2D eigenvalue weighted by Crippen LogP contribution is -2.45. The summed E-state index contributed by atoms with van der Waals surface area (Å²) in [7, 11) is 0. The van der Waals surface area contributed by atoms with Crippen molar-refractivity contribution in [1.82, 2.24) is 5.32 Å². The molecule has 0 rings (SSSR count). The van der Waals surface area contributed by atoms with Gasteiger partial charge in [0.2, 0.25) is 5.91 Å². The Hall–Kier alpha value is -1.17. The van der Waals surface area contributed by atoms with Crippen molar-refractivity contribution in [2.45, 2.75) is 308 Å². The van der Waals surface area contributed by atoms with Crippen LogP contribution in [-0.2, 0) is 4.79 Å². The number of allylic oxidation sites excluding steroid dienone is 3. The average molecular weight is 832 g/mol.